The summed E-state index contributed by atoms with van der Waals surface area (Å²) >= 11 is 1.13. The predicted octanol–water partition coefficient (Wildman–Crippen LogP) is -0.805. The van der Waals surface area contributed by atoms with E-state index >= 15 is 0 Å². The lowest BCUT2D eigenvalue weighted by atomic mass is 10.1. The number of hydrogen-bond donors (Lipinski definition) is 1. The highest BCUT2D eigenvalue weighted by Crippen LogP contribution is 2.25. The lowest BCUT2D eigenvalue weighted by Crippen LogP contribution is -2.42. The zero-order chi connectivity index (χ0) is 19.7. The summed E-state index contributed by atoms with van der Waals surface area (Å²) in [5.74, 6) is -0.639. The van der Waals surface area contributed by atoms with Crippen molar-refractivity contribution in [3.63, 3.8) is 0 Å². The van der Waals surface area contributed by atoms with Crippen molar-refractivity contribution >= 4 is 23.4 Å². The van der Waals surface area contributed by atoms with E-state index in [1.165, 1.54) is 14.1 Å². The fraction of sp³-hybridized carbons (Fsp3) is 0.600. The standard InChI is InChI=1S/C15H21N7O4S/c1-8(11(23)10-12(16)20(2)15(25)21(3)13(10)24)27-14-17-18-19-22(14)7-9-5-4-6-26-9/h8-9H,4-7,16H2,1-3H3/t8-,9+/m0/s1. The first-order chi connectivity index (χ1) is 12.8. The van der Waals surface area contributed by atoms with Gasteiger partial charge in [-0.1, -0.05) is 11.8 Å². The van der Waals surface area contributed by atoms with Gasteiger partial charge in [-0.25, -0.2) is 9.48 Å². The van der Waals surface area contributed by atoms with Gasteiger partial charge in [0.05, 0.1) is 17.9 Å². The van der Waals surface area contributed by atoms with Crippen LogP contribution in [0.5, 0.6) is 0 Å². The van der Waals surface area contributed by atoms with Gasteiger partial charge in [0.15, 0.2) is 5.78 Å². The average Bonchev–Trinajstić information content (AvgIpc) is 3.31. The summed E-state index contributed by atoms with van der Waals surface area (Å²) in [6, 6.07) is 0. The molecule has 11 nitrogen and oxygen atoms in total. The number of nitrogen functional groups attached to an aromatic ring is 1. The molecule has 1 fully saturated rings. The molecule has 2 aromatic heterocycles. The summed E-state index contributed by atoms with van der Waals surface area (Å²) < 4.78 is 9.12. The van der Waals surface area contributed by atoms with Crippen LogP contribution in [0.15, 0.2) is 14.7 Å². The lowest BCUT2D eigenvalue weighted by Gasteiger charge is -2.15. The molecule has 0 amide bonds. The molecule has 3 heterocycles. The number of nitrogens with zero attached hydrogens (tertiary/aromatic N) is 6. The van der Waals surface area contributed by atoms with Crippen LogP contribution < -0.4 is 17.0 Å². The predicted molar refractivity (Wildman–Crippen MR) is 97.8 cm³/mol. The van der Waals surface area contributed by atoms with Crippen molar-refractivity contribution in [1.29, 1.82) is 0 Å². The molecule has 2 atom stereocenters. The molecule has 0 unspecified atom stereocenters. The maximum Gasteiger partial charge on any atom is 0.332 e. The summed E-state index contributed by atoms with van der Waals surface area (Å²) in [4.78, 5) is 37.1. The molecule has 0 aliphatic carbocycles. The molecule has 1 aliphatic rings. The van der Waals surface area contributed by atoms with E-state index in [2.05, 4.69) is 15.5 Å². The normalized spacial score (nSPS) is 18.0. The van der Waals surface area contributed by atoms with Crippen molar-refractivity contribution in [3.05, 3.63) is 26.4 Å². The van der Waals surface area contributed by atoms with Crippen LogP contribution in [0, 0.1) is 0 Å². The Morgan fingerprint density at radius 1 is 1.37 bits per heavy atom. The Morgan fingerprint density at radius 2 is 2.11 bits per heavy atom. The minimum atomic E-state index is -0.716. The van der Waals surface area contributed by atoms with Gasteiger partial charge in [0, 0.05) is 20.7 Å². The minimum absolute atomic E-state index is 0.0467. The van der Waals surface area contributed by atoms with E-state index in [0.717, 1.165) is 40.3 Å². The summed E-state index contributed by atoms with van der Waals surface area (Å²) in [5, 5.41) is 11.3. The molecule has 0 bridgehead atoms. The van der Waals surface area contributed by atoms with Crippen molar-refractivity contribution in [2.24, 2.45) is 14.1 Å². The van der Waals surface area contributed by atoms with E-state index in [1.54, 1.807) is 11.6 Å². The maximum atomic E-state index is 12.9. The van der Waals surface area contributed by atoms with Crippen molar-refractivity contribution in [3.8, 4) is 0 Å². The first-order valence-corrected chi connectivity index (χ1v) is 9.33. The van der Waals surface area contributed by atoms with Gasteiger partial charge in [0.25, 0.3) is 5.56 Å². The fourth-order valence-corrected chi connectivity index (χ4v) is 3.74. The van der Waals surface area contributed by atoms with Crippen LogP contribution in [-0.2, 0) is 25.4 Å². The molecule has 1 aliphatic heterocycles. The Balaban J connectivity index is 1.83. The van der Waals surface area contributed by atoms with E-state index in [1.807, 2.05) is 0 Å². The number of hydrogen-bond acceptors (Lipinski definition) is 9. The van der Waals surface area contributed by atoms with Gasteiger partial charge in [0.2, 0.25) is 5.16 Å². The Kier molecular flexibility index (Phi) is 5.46. The van der Waals surface area contributed by atoms with Gasteiger partial charge in [0.1, 0.15) is 11.4 Å². The zero-order valence-corrected chi connectivity index (χ0v) is 16.1. The van der Waals surface area contributed by atoms with E-state index in [9.17, 15) is 14.4 Å². The third-order valence-corrected chi connectivity index (χ3v) is 5.58. The number of Topliss-reactive ketones (excluding diaryl/α,β-unsaturated/α-hetero) is 1. The summed E-state index contributed by atoms with van der Waals surface area (Å²) in [6.45, 7) is 2.86. The molecule has 0 saturated carbocycles. The van der Waals surface area contributed by atoms with Crippen LogP contribution >= 0.6 is 11.8 Å². The third-order valence-electron chi connectivity index (χ3n) is 4.51. The number of ether oxygens (including phenoxy) is 1. The molecule has 1 saturated heterocycles. The van der Waals surface area contributed by atoms with Crippen LogP contribution in [0.3, 0.4) is 0 Å². The van der Waals surface area contributed by atoms with E-state index in [0.29, 0.717) is 11.7 Å². The number of thioether (sulfide) groups is 1. The highest BCUT2D eigenvalue weighted by Gasteiger charge is 2.27. The van der Waals surface area contributed by atoms with Gasteiger partial charge < -0.3 is 10.5 Å². The monoisotopic (exact) mass is 395 g/mol. The topological polar surface area (TPSA) is 140 Å². The van der Waals surface area contributed by atoms with Crippen LogP contribution in [-0.4, -0.2) is 53.1 Å². The van der Waals surface area contributed by atoms with Crippen molar-refractivity contribution < 1.29 is 9.53 Å². The van der Waals surface area contributed by atoms with Crippen LogP contribution in [0.25, 0.3) is 0 Å². The largest absolute Gasteiger partial charge is 0.384 e. The highest BCUT2D eigenvalue weighted by molar-refractivity contribution is 8.00. The quantitative estimate of drug-likeness (QED) is 0.491. The Hall–Kier alpha value is -2.47. The molecular formula is C15H21N7O4S. The molecule has 146 valence electrons. The smallest absolute Gasteiger partial charge is 0.332 e. The van der Waals surface area contributed by atoms with Gasteiger partial charge >= 0.3 is 5.69 Å². The third kappa shape index (κ3) is 3.67. The lowest BCUT2D eigenvalue weighted by molar-refractivity contribution is 0.0911. The van der Waals surface area contributed by atoms with Gasteiger partial charge in [-0.05, 0) is 30.2 Å². The van der Waals surface area contributed by atoms with E-state index in [4.69, 9.17) is 10.5 Å². The van der Waals surface area contributed by atoms with E-state index < -0.39 is 22.3 Å². The summed E-state index contributed by atoms with van der Waals surface area (Å²) in [5.41, 5.74) is 4.35. The van der Waals surface area contributed by atoms with Crippen LogP contribution in [0.2, 0.25) is 0 Å². The average molecular weight is 395 g/mol. The number of anilines is 1. The molecule has 12 heteroatoms. The molecule has 3 rings (SSSR count). The molecule has 0 aromatic carbocycles. The highest BCUT2D eigenvalue weighted by atomic mass is 32.2. The van der Waals surface area contributed by atoms with Crippen LogP contribution in [0.4, 0.5) is 5.82 Å². The van der Waals surface area contributed by atoms with Gasteiger partial charge in [-0.15, -0.1) is 5.10 Å². The second kappa shape index (κ2) is 7.64. The van der Waals surface area contributed by atoms with Crippen LogP contribution in [0.1, 0.15) is 30.1 Å². The number of tetrazole rings is 1. The number of carbonyl (C=O) groups excluding carboxylic acids is 1. The number of ketones is 1. The molecule has 2 N–H and O–H groups in total. The number of rotatable bonds is 6. The zero-order valence-electron chi connectivity index (χ0n) is 15.3. The van der Waals surface area contributed by atoms with Crippen molar-refractivity contribution in [2.75, 3.05) is 12.3 Å². The number of nitrogens with two attached hydrogens (primary N) is 1. The maximum absolute atomic E-state index is 12.9. The Labute approximate surface area is 158 Å². The molecule has 0 radical (unpaired) electrons. The fourth-order valence-electron chi connectivity index (χ4n) is 2.88. The number of aromatic nitrogens is 6. The SMILES string of the molecule is C[C@H](Sc1nnnn1C[C@H]1CCCO1)C(=O)c1c(N)n(C)c(=O)n(C)c1=O. The molecule has 2 aromatic rings. The Bertz CT molecular complexity index is 974. The first-order valence-electron chi connectivity index (χ1n) is 8.45. The first kappa shape index (κ1) is 19.3. The summed E-state index contributed by atoms with van der Waals surface area (Å²) in [6.07, 6.45) is 1.98. The molecule has 27 heavy (non-hydrogen) atoms. The number of carbonyl (C=O) groups is 1. The van der Waals surface area contributed by atoms with E-state index in [-0.39, 0.29) is 17.5 Å². The summed E-state index contributed by atoms with van der Waals surface area (Å²) in [7, 11) is 2.72. The minimum Gasteiger partial charge on any atom is -0.384 e. The molecule has 0 spiro atoms. The second-order valence-electron chi connectivity index (χ2n) is 6.37. The van der Waals surface area contributed by atoms with Crippen molar-refractivity contribution in [2.45, 2.75) is 42.8 Å². The Morgan fingerprint density at radius 3 is 2.78 bits per heavy atom. The van der Waals surface area contributed by atoms with Gasteiger partial charge in [-0.2, -0.15) is 0 Å². The van der Waals surface area contributed by atoms with Gasteiger partial charge in [-0.3, -0.25) is 18.7 Å². The molecular weight excluding hydrogens is 374 g/mol. The van der Waals surface area contributed by atoms with Crippen molar-refractivity contribution in [1.82, 2.24) is 29.3 Å². The second-order valence-corrected chi connectivity index (χ2v) is 7.68.